The van der Waals surface area contributed by atoms with Gasteiger partial charge in [0, 0.05) is 18.4 Å². The standard InChI is InChI=1S/C22H23F2N7O/c1-13(2)31-12-27-11-18(31)17-5-4-6-19(29-17)30-22(32)16(20(25)21(23)24)10-28-15-7-14(3)8-26-9-15/h4-13,21,25,28H,1-3H3,(H,29,30,32)/b16-10+,25-20?. The van der Waals surface area contributed by atoms with E-state index >= 15 is 0 Å². The van der Waals surface area contributed by atoms with Crippen LogP contribution < -0.4 is 10.6 Å². The molecule has 0 bridgehead atoms. The van der Waals surface area contributed by atoms with Gasteiger partial charge >= 0.3 is 0 Å². The van der Waals surface area contributed by atoms with Gasteiger partial charge in [0.15, 0.2) is 0 Å². The number of aromatic nitrogens is 4. The first-order chi connectivity index (χ1) is 15.3. The van der Waals surface area contributed by atoms with Crippen LogP contribution in [0.3, 0.4) is 0 Å². The van der Waals surface area contributed by atoms with Gasteiger partial charge in [-0.25, -0.2) is 18.7 Å². The molecule has 3 N–H and O–H groups in total. The maximum absolute atomic E-state index is 13.2. The van der Waals surface area contributed by atoms with Crippen molar-refractivity contribution in [1.29, 1.82) is 5.41 Å². The fraction of sp³-hybridized carbons (Fsp3) is 0.227. The molecule has 0 aromatic carbocycles. The third-order valence-corrected chi connectivity index (χ3v) is 4.49. The maximum atomic E-state index is 13.2. The van der Waals surface area contributed by atoms with Gasteiger partial charge in [-0.1, -0.05) is 6.07 Å². The Morgan fingerprint density at radius 2 is 1.97 bits per heavy atom. The first kappa shape index (κ1) is 22.7. The normalized spacial score (nSPS) is 11.7. The molecule has 0 saturated carbocycles. The van der Waals surface area contributed by atoms with E-state index in [1.807, 2.05) is 25.3 Å². The fourth-order valence-electron chi connectivity index (χ4n) is 2.92. The Morgan fingerprint density at radius 1 is 1.19 bits per heavy atom. The van der Waals surface area contributed by atoms with E-state index < -0.39 is 23.6 Å². The SMILES string of the molecule is Cc1cncc(N/C=C(\C(=N)C(F)F)C(=O)Nc2cccc(-c3cncn3C(C)C)n2)c1. The molecule has 0 unspecified atom stereocenters. The Labute approximate surface area is 183 Å². The summed E-state index contributed by atoms with van der Waals surface area (Å²) in [7, 11) is 0. The highest BCUT2D eigenvalue weighted by Crippen LogP contribution is 2.22. The van der Waals surface area contributed by atoms with Crippen molar-refractivity contribution >= 4 is 23.1 Å². The lowest BCUT2D eigenvalue weighted by Gasteiger charge is -2.13. The molecule has 0 aliphatic heterocycles. The van der Waals surface area contributed by atoms with Crippen LogP contribution in [-0.2, 0) is 4.79 Å². The lowest BCUT2D eigenvalue weighted by Crippen LogP contribution is -2.25. The van der Waals surface area contributed by atoms with Gasteiger partial charge in [0.1, 0.15) is 11.5 Å². The van der Waals surface area contributed by atoms with Gasteiger partial charge in [-0.05, 0) is 44.5 Å². The van der Waals surface area contributed by atoms with Crippen molar-refractivity contribution in [1.82, 2.24) is 19.5 Å². The average Bonchev–Trinajstić information content (AvgIpc) is 3.24. The van der Waals surface area contributed by atoms with E-state index in [-0.39, 0.29) is 11.9 Å². The van der Waals surface area contributed by atoms with E-state index in [0.717, 1.165) is 17.5 Å². The van der Waals surface area contributed by atoms with Crippen molar-refractivity contribution in [3.8, 4) is 11.4 Å². The lowest BCUT2D eigenvalue weighted by atomic mass is 10.1. The number of imidazole rings is 1. The molecule has 3 aromatic rings. The second-order valence-electron chi connectivity index (χ2n) is 7.31. The number of hydrogen-bond donors (Lipinski definition) is 3. The zero-order chi connectivity index (χ0) is 23.3. The first-order valence-corrected chi connectivity index (χ1v) is 9.82. The molecule has 0 aliphatic rings. The molecule has 0 atom stereocenters. The summed E-state index contributed by atoms with van der Waals surface area (Å²) >= 11 is 0. The molecule has 3 aromatic heterocycles. The highest BCUT2D eigenvalue weighted by molar-refractivity contribution is 6.25. The van der Waals surface area contributed by atoms with Crippen LogP contribution in [0.4, 0.5) is 20.3 Å². The van der Waals surface area contributed by atoms with Crippen LogP contribution >= 0.6 is 0 Å². The second kappa shape index (κ2) is 9.90. The number of rotatable bonds is 8. The summed E-state index contributed by atoms with van der Waals surface area (Å²) in [5.41, 5.74) is 1.04. The van der Waals surface area contributed by atoms with Crippen LogP contribution in [0.1, 0.15) is 25.5 Å². The number of hydrogen-bond acceptors (Lipinski definition) is 6. The van der Waals surface area contributed by atoms with Crippen LogP contribution in [-0.4, -0.2) is 37.6 Å². The molecule has 32 heavy (non-hydrogen) atoms. The van der Waals surface area contributed by atoms with E-state index in [2.05, 4.69) is 25.6 Å². The molecule has 8 nitrogen and oxygen atoms in total. The van der Waals surface area contributed by atoms with E-state index in [4.69, 9.17) is 5.41 Å². The molecular weight excluding hydrogens is 416 g/mol. The predicted octanol–water partition coefficient (Wildman–Crippen LogP) is 4.45. The summed E-state index contributed by atoms with van der Waals surface area (Å²) in [6, 6.07) is 6.87. The average molecular weight is 439 g/mol. The van der Waals surface area contributed by atoms with E-state index in [1.165, 1.54) is 6.20 Å². The lowest BCUT2D eigenvalue weighted by molar-refractivity contribution is -0.112. The molecule has 3 heterocycles. The Morgan fingerprint density at radius 3 is 2.66 bits per heavy atom. The quantitative estimate of drug-likeness (QED) is 0.355. The summed E-state index contributed by atoms with van der Waals surface area (Å²) in [4.78, 5) is 25.3. The number of carbonyl (C=O) groups is 1. The third-order valence-electron chi connectivity index (χ3n) is 4.49. The number of nitrogens with one attached hydrogen (secondary N) is 3. The zero-order valence-corrected chi connectivity index (χ0v) is 17.8. The predicted molar refractivity (Wildman–Crippen MR) is 119 cm³/mol. The van der Waals surface area contributed by atoms with Gasteiger partial charge in [-0.15, -0.1) is 0 Å². The molecule has 0 fully saturated rings. The van der Waals surface area contributed by atoms with Crippen LogP contribution in [0.2, 0.25) is 0 Å². The second-order valence-corrected chi connectivity index (χ2v) is 7.31. The molecule has 0 aliphatic carbocycles. The summed E-state index contributed by atoms with van der Waals surface area (Å²) in [6.45, 7) is 5.82. The molecule has 3 rings (SSSR count). The first-order valence-electron chi connectivity index (χ1n) is 9.82. The van der Waals surface area contributed by atoms with Gasteiger partial charge in [0.2, 0.25) is 0 Å². The van der Waals surface area contributed by atoms with Crippen LogP contribution in [0, 0.1) is 12.3 Å². The van der Waals surface area contributed by atoms with Gasteiger partial charge < -0.3 is 15.2 Å². The van der Waals surface area contributed by atoms with Crippen LogP contribution in [0.5, 0.6) is 0 Å². The number of nitrogens with zero attached hydrogens (tertiary/aromatic N) is 4. The number of anilines is 2. The molecule has 0 spiro atoms. The van der Waals surface area contributed by atoms with Crippen LogP contribution in [0.15, 0.2) is 61.0 Å². The Hall–Kier alpha value is -3.95. The Bertz CT molecular complexity index is 1150. The summed E-state index contributed by atoms with van der Waals surface area (Å²) in [5.74, 6) is -0.723. The van der Waals surface area contributed by atoms with Gasteiger partial charge in [-0.3, -0.25) is 15.2 Å². The van der Waals surface area contributed by atoms with Crippen molar-refractivity contribution in [3.05, 3.63) is 66.5 Å². The molecule has 166 valence electrons. The highest BCUT2D eigenvalue weighted by Gasteiger charge is 2.23. The molecule has 0 saturated heterocycles. The Balaban J connectivity index is 1.85. The van der Waals surface area contributed by atoms with E-state index in [0.29, 0.717) is 11.4 Å². The number of alkyl halides is 2. The zero-order valence-electron chi connectivity index (χ0n) is 17.8. The minimum Gasteiger partial charge on any atom is -0.360 e. The van der Waals surface area contributed by atoms with E-state index in [1.54, 1.807) is 43.0 Å². The minimum absolute atomic E-state index is 0.149. The van der Waals surface area contributed by atoms with Gasteiger partial charge in [-0.2, -0.15) is 0 Å². The van der Waals surface area contributed by atoms with Crippen molar-refractivity contribution in [3.63, 3.8) is 0 Å². The monoisotopic (exact) mass is 439 g/mol. The molecule has 0 radical (unpaired) electrons. The number of aryl methyl sites for hydroxylation is 1. The molecule has 10 heteroatoms. The molecular formula is C22H23F2N7O. The number of amides is 1. The topological polar surface area (TPSA) is 109 Å². The molecule has 1 amide bonds. The largest absolute Gasteiger partial charge is 0.360 e. The summed E-state index contributed by atoms with van der Waals surface area (Å²) in [5, 5.41) is 12.9. The van der Waals surface area contributed by atoms with E-state index in [9.17, 15) is 13.6 Å². The fourth-order valence-corrected chi connectivity index (χ4v) is 2.92. The third kappa shape index (κ3) is 5.39. The minimum atomic E-state index is -3.12. The van der Waals surface area contributed by atoms with Crippen molar-refractivity contribution in [2.24, 2.45) is 0 Å². The van der Waals surface area contributed by atoms with Crippen molar-refractivity contribution in [2.75, 3.05) is 10.6 Å². The van der Waals surface area contributed by atoms with Crippen LogP contribution in [0.25, 0.3) is 11.4 Å². The van der Waals surface area contributed by atoms with Crippen molar-refractivity contribution in [2.45, 2.75) is 33.2 Å². The highest BCUT2D eigenvalue weighted by atomic mass is 19.3. The number of carbonyl (C=O) groups excluding carboxylic acids is 1. The van der Waals surface area contributed by atoms with Gasteiger partial charge in [0.05, 0.1) is 41.4 Å². The Kier molecular flexibility index (Phi) is 7.04. The maximum Gasteiger partial charge on any atom is 0.280 e. The number of pyridine rings is 2. The van der Waals surface area contributed by atoms with Crippen molar-refractivity contribution < 1.29 is 13.6 Å². The summed E-state index contributed by atoms with van der Waals surface area (Å²) in [6.07, 6.45) is 4.40. The van der Waals surface area contributed by atoms with Gasteiger partial charge in [0.25, 0.3) is 12.3 Å². The summed E-state index contributed by atoms with van der Waals surface area (Å²) < 4.78 is 28.4. The number of halogens is 2. The smallest absolute Gasteiger partial charge is 0.280 e.